The standard InChI is InChI=1S/C14H14ClNO/c15-11-5-7-12-6-4-10-14(16-12)17-13-8-2-1-3-9-13/h1-4,6,8-10H,5,7,11H2. The second kappa shape index (κ2) is 6.26. The van der Waals surface area contributed by atoms with E-state index in [2.05, 4.69) is 4.98 Å². The van der Waals surface area contributed by atoms with E-state index in [0.717, 1.165) is 24.3 Å². The summed E-state index contributed by atoms with van der Waals surface area (Å²) in [4.78, 5) is 4.42. The first kappa shape index (κ1) is 11.9. The summed E-state index contributed by atoms with van der Waals surface area (Å²) in [5, 5.41) is 0. The molecule has 0 saturated heterocycles. The summed E-state index contributed by atoms with van der Waals surface area (Å²) in [7, 11) is 0. The average Bonchev–Trinajstić information content (AvgIpc) is 2.38. The lowest BCUT2D eigenvalue weighted by Crippen LogP contribution is -1.94. The maximum atomic E-state index is 5.66. The summed E-state index contributed by atoms with van der Waals surface area (Å²) in [6.45, 7) is 0. The quantitative estimate of drug-likeness (QED) is 0.744. The minimum atomic E-state index is 0.628. The van der Waals surface area contributed by atoms with Crippen LogP contribution in [0, 0.1) is 0 Å². The molecule has 0 spiro atoms. The van der Waals surface area contributed by atoms with Crippen LogP contribution in [0.15, 0.2) is 48.5 Å². The molecule has 0 N–H and O–H groups in total. The second-order valence-electron chi connectivity index (χ2n) is 3.67. The molecule has 17 heavy (non-hydrogen) atoms. The lowest BCUT2D eigenvalue weighted by molar-refractivity contribution is 0.460. The molecule has 2 rings (SSSR count). The third-order valence-electron chi connectivity index (χ3n) is 2.31. The van der Waals surface area contributed by atoms with Gasteiger partial charge >= 0.3 is 0 Å². The van der Waals surface area contributed by atoms with Crippen molar-refractivity contribution in [2.75, 3.05) is 5.88 Å². The highest BCUT2D eigenvalue weighted by Crippen LogP contribution is 2.19. The number of pyridine rings is 1. The maximum absolute atomic E-state index is 5.66. The van der Waals surface area contributed by atoms with Crippen LogP contribution in [0.4, 0.5) is 0 Å². The fraction of sp³-hybridized carbons (Fsp3) is 0.214. The fourth-order valence-electron chi connectivity index (χ4n) is 1.51. The van der Waals surface area contributed by atoms with Crippen LogP contribution in [0.1, 0.15) is 12.1 Å². The number of ether oxygens (including phenoxy) is 1. The monoisotopic (exact) mass is 247 g/mol. The summed E-state index contributed by atoms with van der Waals surface area (Å²) >= 11 is 5.66. The third kappa shape index (κ3) is 3.75. The predicted molar refractivity (Wildman–Crippen MR) is 69.8 cm³/mol. The lowest BCUT2D eigenvalue weighted by atomic mass is 10.2. The van der Waals surface area contributed by atoms with Crippen molar-refractivity contribution in [2.24, 2.45) is 0 Å². The molecule has 0 saturated carbocycles. The molecule has 2 aromatic rings. The molecule has 0 aliphatic heterocycles. The number of hydrogen-bond donors (Lipinski definition) is 0. The summed E-state index contributed by atoms with van der Waals surface area (Å²) in [5.41, 5.74) is 1.01. The van der Waals surface area contributed by atoms with E-state index >= 15 is 0 Å². The summed E-state index contributed by atoms with van der Waals surface area (Å²) < 4.78 is 5.65. The van der Waals surface area contributed by atoms with Crippen LogP contribution >= 0.6 is 11.6 Å². The molecule has 1 heterocycles. The summed E-state index contributed by atoms with van der Waals surface area (Å²) in [6, 6.07) is 15.5. The van der Waals surface area contributed by atoms with Crippen molar-refractivity contribution < 1.29 is 4.74 Å². The zero-order valence-corrected chi connectivity index (χ0v) is 10.2. The van der Waals surface area contributed by atoms with Crippen LogP contribution < -0.4 is 4.74 Å². The molecule has 0 radical (unpaired) electrons. The summed E-state index contributed by atoms with van der Waals surface area (Å²) in [6.07, 6.45) is 1.82. The Morgan fingerprint density at radius 1 is 1.00 bits per heavy atom. The van der Waals surface area contributed by atoms with Crippen LogP contribution in [0.5, 0.6) is 11.6 Å². The van der Waals surface area contributed by atoms with Gasteiger partial charge in [-0.3, -0.25) is 0 Å². The van der Waals surface area contributed by atoms with E-state index in [9.17, 15) is 0 Å². The van der Waals surface area contributed by atoms with E-state index in [-0.39, 0.29) is 0 Å². The van der Waals surface area contributed by atoms with Crippen molar-refractivity contribution >= 4 is 11.6 Å². The van der Waals surface area contributed by atoms with E-state index in [1.165, 1.54) is 0 Å². The highest BCUT2D eigenvalue weighted by Gasteiger charge is 2.00. The van der Waals surface area contributed by atoms with E-state index in [0.29, 0.717) is 11.8 Å². The SMILES string of the molecule is ClCCCc1cccc(Oc2ccccc2)n1. The van der Waals surface area contributed by atoms with Gasteiger partial charge in [-0.05, 0) is 31.0 Å². The lowest BCUT2D eigenvalue weighted by Gasteiger charge is -2.05. The number of para-hydroxylation sites is 1. The Morgan fingerprint density at radius 2 is 1.82 bits per heavy atom. The minimum Gasteiger partial charge on any atom is -0.439 e. The number of aryl methyl sites for hydroxylation is 1. The number of halogens is 1. The fourth-order valence-corrected chi connectivity index (χ4v) is 1.64. The van der Waals surface area contributed by atoms with Crippen molar-refractivity contribution in [3.8, 4) is 11.6 Å². The van der Waals surface area contributed by atoms with Gasteiger partial charge in [-0.1, -0.05) is 24.3 Å². The van der Waals surface area contributed by atoms with Gasteiger partial charge in [0.2, 0.25) is 5.88 Å². The number of alkyl halides is 1. The van der Waals surface area contributed by atoms with E-state index in [4.69, 9.17) is 16.3 Å². The second-order valence-corrected chi connectivity index (χ2v) is 4.05. The zero-order valence-electron chi connectivity index (χ0n) is 9.47. The van der Waals surface area contributed by atoms with Crippen molar-refractivity contribution in [3.05, 3.63) is 54.2 Å². The van der Waals surface area contributed by atoms with Gasteiger partial charge in [0.1, 0.15) is 5.75 Å². The molecule has 0 fully saturated rings. The highest BCUT2D eigenvalue weighted by atomic mass is 35.5. The Bertz CT molecular complexity index is 459. The van der Waals surface area contributed by atoms with Crippen molar-refractivity contribution in [1.29, 1.82) is 0 Å². The normalized spacial score (nSPS) is 10.2. The first-order valence-corrected chi connectivity index (χ1v) is 6.17. The molecule has 0 unspecified atom stereocenters. The molecular formula is C14H14ClNO. The van der Waals surface area contributed by atoms with Crippen LogP contribution in [-0.4, -0.2) is 10.9 Å². The first-order valence-electron chi connectivity index (χ1n) is 5.63. The molecule has 0 bridgehead atoms. The smallest absolute Gasteiger partial charge is 0.219 e. The van der Waals surface area contributed by atoms with E-state index < -0.39 is 0 Å². The Kier molecular flexibility index (Phi) is 4.39. The number of hydrogen-bond acceptors (Lipinski definition) is 2. The Balaban J connectivity index is 2.06. The van der Waals surface area contributed by atoms with Gasteiger partial charge in [0.05, 0.1) is 0 Å². The van der Waals surface area contributed by atoms with Crippen molar-refractivity contribution in [3.63, 3.8) is 0 Å². The molecule has 3 heteroatoms. The highest BCUT2D eigenvalue weighted by molar-refractivity contribution is 6.17. The van der Waals surface area contributed by atoms with Gasteiger partial charge in [-0.15, -0.1) is 11.6 Å². The van der Waals surface area contributed by atoms with Crippen LogP contribution in [0.2, 0.25) is 0 Å². The number of aromatic nitrogens is 1. The molecular weight excluding hydrogens is 234 g/mol. The number of rotatable bonds is 5. The molecule has 1 aromatic carbocycles. The topological polar surface area (TPSA) is 22.1 Å². The molecule has 0 aliphatic rings. The third-order valence-corrected chi connectivity index (χ3v) is 2.58. The number of nitrogens with zero attached hydrogens (tertiary/aromatic N) is 1. The Labute approximate surface area is 106 Å². The molecule has 0 aliphatic carbocycles. The molecule has 2 nitrogen and oxygen atoms in total. The van der Waals surface area contributed by atoms with Crippen molar-refractivity contribution in [2.45, 2.75) is 12.8 Å². The Morgan fingerprint density at radius 3 is 2.59 bits per heavy atom. The Hall–Kier alpha value is -1.54. The van der Waals surface area contributed by atoms with Gasteiger partial charge in [-0.2, -0.15) is 0 Å². The summed E-state index contributed by atoms with van der Waals surface area (Å²) in [5.74, 6) is 2.09. The average molecular weight is 248 g/mol. The predicted octanol–water partition coefficient (Wildman–Crippen LogP) is 4.05. The number of benzene rings is 1. The van der Waals surface area contributed by atoms with E-state index in [1.54, 1.807) is 0 Å². The van der Waals surface area contributed by atoms with Gasteiger partial charge in [-0.25, -0.2) is 4.98 Å². The van der Waals surface area contributed by atoms with Gasteiger partial charge in [0, 0.05) is 17.6 Å². The van der Waals surface area contributed by atoms with Gasteiger partial charge in [0.25, 0.3) is 0 Å². The van der Waals surface area contributed by atoms with Crippen LogP contribution in [0.3, 0.4) is 0 Å². The molecule has 0 atom stereocenters. The van der Waals surface area contributed by atoms with Crippen LogP contribution in [-0.2, 0) is 6.42 Å². The molecule has 0 amide bonds. The van der Waals surface area contributed by atoms with Gasteiger partial charge in [0.15, 0.2) is 0 Å². The maximum Gasteiger partial charge on any atom is 0.219 e. The molecule has 1 aromatic heterocycles. The first-order chi connectivity index (χ1) is 8.38. The van der Waals surface area contributed by atoms with E-state index in [1.807, 2.05) is 48.5 Å². The molecule has 88 valence electrons. The van der Waals surface area contributed by atoms with Crippen LogP contribution in [0.25, 0.3) is 0 Å². The minimum absolute atomic E-state index is 0.628. The van der Waals surface area contributed by atoms with Gasteiger partial charge < -0.3 is 4.74 Å². The van der Waals surface area contributed by atoms with Crippen molar-refractivity contribution in [1.82, 2.24) is 4.98 Å². The zero-order chi connectivity index (χ0) is 11.9. The largest absolute Gasteiger partial charge is 0.439 e.